The van der Waals surface area contributed by atoms with Crippen molar-refractivity contribution in [1.29, 1.82) is 0 Å². The maximum atomic E-state index is 2.61. The highest BCUT2D eigenvalue weighted by molar-refractivity contribution is 6.83. The van der Waals surface area contributed by atoms with E-state index < -0.39 is 8.07 Å². The Labute approximate surface area is 132 Å². The van der Waals surface area contributed by atoms with Gasteiger partial charge in [0, 0.05) is 0 Å². The molecule has 0 saturated heterocycles. The summed E-state index contributed by atoms with van der Waals surface area (Å²) in [7, 11) is -1.49. The van der Waals surface area contributed by atoms with Gasteiger partial charge in [0.15, 0.2) is 0 Å². The van der Waals surface area contributed by atoms with Gasteiger partial charge in [-0.25, -0.2) is 0 Å². The Morgan fingerprint density at radius 3 is 0.857 bits per heavy atom. The van der Waals surface area contributed by atoms with Crippen LogP contribution in [0.4, 0.5) is 0 Å². The van der Waals surface area contributed by atoms with Crippen molar-refractivity contribution in [3.63, 3.8) is 0 Å². The molecule has 0 atom stereocenters. The molecule has 0 aromatic heterocycles. The second-order valence-corrected chi connectivity index (χ2v) is 12.7. The summed E-state index contributed by atoms with van der Waals surface area (Å²) in [6.45, 7) is 24.0. The van der Waals surface area contributed by atoms with E-state index in [0.717, 1.165) is 0 Å². The van der Waals surface area contributed by atoms with Gasteiger partial charge in [-0.3, -0.25) is 0 Å². The monoisotopic (exact) mass is 300 g/mol. The maximum absolute atomic E-state index is 2.61. The zero-order chi connectivity index (χ0) is 16.3. The first kappa shape index (κ1) is 16.5. The molecule has 0 saturated carbocycles. The fraction of sp³-hybridized carbons (Fsp3) is 0.600. The van der Waals surface area contributed by atoms with Gasteiger partial charge in [0.25, 0.3) is 0 Å². The van der Waals surface area contributed by atoms with Gasteiger partial charge in [-0.1, -0.05) is 35.4 Å². The molecule has 0 heterocycles. The molecule has 0 unspecified atom stereocenters. The third-order valence-electron chi connectivity index (χ3n) is 6.71. The summed E-state index contributed by atoms with van der Waals surface area (Å²) >= 11 is 0. The Balaban J connectivity index is 2.56. The van der Waals surface area contributed by atoms with Crippen molar-refractivity contribution in [3.8, 4) is 0 Å². The molecular weight excluding hydrogens is 268 g/mol. The van der Waals surface area contributed by atoms with E-state index in [1.165, 1.54) is 0 Å². The number of hydrogen-bond acceptors (Lipinski definition) is 0. The van der Waals surface area contributed by atoms with Crippen LogP contribution in [0.5, 0.6) is 0 Å². The lowest BCUT2D eigenvalue weighted by atomic mass is 10.1. The second-order valence-electron chi connectivity index (χ2n) is 7.92. The lowest BCUT2D eigenvalue weighted by molar-refractivity contribution is 0.975. The summed E-state index contributed by atoms with van der Waals surface area (Å²) < 4.78 is 0. The average Bonchev–Trinajstić information content (AvgIpc) is 2.72. The molecule has 116 valence electrons. The molecule has 2 aliphatic carbocycles. The summed E-state index contributed by atoms with van der Waals surface area (Å²) in [5.41, 5.74) is 14.2. The fourth-order valence-corrected chi connectivity index (χ4v) is 10.8. The lowest BCUT2D eigenvalue weighted by Crippen LogP contribution is -2.39. The van der Waals surface area contributed by atoms with Crippen LogP contribution in [0.3, 0.4) is 0 Å². The van der Waals surface area contributed by atoms with Gasteiger partial charge in [-0.2, -0.15) is 0 Å². The molecule has 0 radical (unpaired) electrons. The SMILES string of the molecule is CC1=C(C)C([Si](C)(C)C2C(C)=C(C)C(C)=C2C)C(C)=C1C. The third kappa shape index (κ3) is 2.16. The molecule has 0 bridgehead atoms. The molecule has 0 aromatic rings. The fourth-order valence-electron chi connectivity index (χ4n) is 5.10. The van der Waals surface area contributed by atoms with Gasteiger partial charge in [0.2, 0.25) is 0 Å². The molecule has 0 amide bonds. The van der Waals surface area contributed by atoms with E-state index in [1.54, 1.807) is 44.6 Å². The largest absolute Gasteiger partial charge is 0.0713 e. The molecule has 2 rings (SSSR count). The van der Waals surface area contributed by atoms with Gasteiger partial charge < -0.3 is 0 Å². The third-order valence-corrected chi connectivity index (χ3v) is 11.4. The van der Waals surface area contributed by atoms with Crippen LogP contribution < -0.4 is 0 Å². The van der Waals surface area contributed by atoms with E-state index in [1.807, 2.05) is 0 Å². The quantitative estimate of drug-likeness (QED) is 0.491. The van der Waals surface area contributed by atoms with Crippen molar-refractivity contribution in [2.45, 2.75) is 79.6 Å². The normalized spacial score (nSPS) is 22.6. The van der Waals surface area contributed by atoms with Crippen molar-refractivity contribution in [2.24, 2.45) is 0 Å². The zero-order valence-electron chi connectivity index (χ0n) is 15.7. The van der Waals surface area contributed by atoms with E-state index in [9.17, 15) is 0 Å². The Hall–Kier alpha value is -0.823. The first-order chi connectivity index (χ1) is 9.53. The number of hydrogen-bond donors (Lipinski definition) is 0. The van der Waals surface area contributed by atoms with E-state index >= 15 is 0 Å². The summed E-state index contributed by atoms with van der Waals surface area (Å²) in [5.74, 6) is 0. The molecule has 0 aliphatic heterocycles. The molecule has 0 spiro atoms. The van der Waals surface area contributed by atoms with Crippen LogP contribution in [0.25, 0.3) is 0 Å². The van der Waals surface area contributed by atoms with Crippen LogP contribution in [-0.2, 0) is 0 Å². The Kier molecular flexibility index (Phi) is 4.03. The number of allylic oxidation sites excluding steroid dienone is 8. The van der Waals surface area contributed by atoms with Gasteiger partial charge in [0.1, 0.15) is 0 Å². The van der Waals surface area contributed by atoms with Crippen molar-refractivity contribution >= 4 is 8.07 Å². The van der Waals surface area contributed by atoms with Gasteiger partial charge in [-0.05, 0) is 88.8 Å². The predicted molar refractivity (Wildman–Crippen MR) is 98.5 cm³/mol. The zero-order valence-corrected chi connectivity index (χ0v) is 16.7. The average molecular weight is 301 g/mol. The molecule has 0 N–H and O–H groups in total. The van der Waals surface area contributed by atoms with Crippen LogP contribution in [0, 0.1) is 0 Å². The van der Waals surface area contributed by atoms with Gasteiger partial charge in [-0.15, -0.1) is 0 Å². The molecule has 0 nitrogen and oxygen atoms in total. The Morgan fingerprint density at radius 2 is 0.667 bits per heavy atom. The molecule has 2 aliphatic rings. The first-order valence-electron chi connectivity index (χ1n) is 8.23. The minimum atomic E-state index is -1.49. The minimum Gasteiger partial charge on any atom is -0.0679 e. The van der Waals surface area contributed by atoms with E-state index in [-0.39, 0.29) is 0 Å². The van der Waals surface area contributed by atoms with Gasteiger partial charge in [0.05, 0.1) is 8.07 Å². The second kappa shape index (κ2) is 5.12. The van der Waals surface area contributed by atoms with E-state index in [4.69, 9.17) is 0 Å². The topological polar surface area (TPSA) is 0 Å². The van der Waals surface area contributed by atoms with Crippen molar-refractivity contribution in [1.82, 2.24) is 0 Å². The first-order valence-corrected chi connectivity index (χ1v) is 11.4. The molecular formula is C20H32Si. The highest BCUT2D eigenvalue weighted by atomic mass is 28.3. The van der Waals surface area contributed by atoms with Crippen molar-refractivity contribution < 1.29 is 0 Å². The number of rotatable bonds is 2. The van der Waals surface area contributed by atoms with Gasteiger partial charge >= 0.3 is 0 Å². The summed E-state index contributed by atoms with van der Waals surface area (Å²) in [5, 5.41) is 0. The Bertz CT molecular complexity index is 518. The molecule has 21 heavy (non-hydrogen) atoms. The van der Waals surface area contributed by atoms with Crippen LogP contribution in [0.2, 0.25) is 24.2 Å². The molecule has 1 heteroatoms. The van der Waals surface area contributed by atoms with Crippen molar-refractivity contribution in [2.75, 3.05) is 0 Å². The summed E-state index contributed by atoms with van der Waals surface area (Å²) in [6.07, 6.45) is 0. The van der Waals surface area contributed by atoms with Crippen LogP contribution in [-0.4, -0.2) is 8.07 Å². The smallest absolute Gasteiger partial charge is 0.0679 e. The van der Waals surface area contributed by atoms with Crippen LogP contribution in [0.15, 0.2) is 44.6 Å². The summed E-state index contributed by atoms with van der Waals surface area (Å²) in [4.78, 5) is 0. The predicted octanol–water partition coefficient (Wildman–Crippen LogP) is 6.81. The highest BCUT2D eigenvalue weighted by Gasteiger charge is 2.47. The standard InChI is InChI=1S/C20H32Si/c1-11-12(2)16(6)19(15(11)5)21(9,10)20-17(7)13(3)14(4)18(20)8/h19-20H,1-10H3. The van der Waals surface area contributed by atoms with Crippen LogP contribution >= 0.6 is 0 Å². The molecule has 0 fully saturated rings. The van der Waals surface area contributed by atoms with Crippen LogP contribution in [0.1, 0.15) is 55.4 Å². The maximum Gasteiger partial charge on any atom is 0.0713 e. The summed E-state index contributed by atoms with van der Waals surface area (Å²) in [6, 6.07) is 0. The van der Waals surface area contributed by atoms with E-state index in [2.05, 4.69) is 68.5 Å². The van der Waals surface area contributed by atoms with Crippen molar-refractivity contribution in [3.05, 3.63) is 44.6 Å². The lowest BCUT2D eigenvalue weighted by Gasteiger charge is -2.40. The minimum absolute atomic E-state index is 0.714. The van der Waals surface area contributed by atoms with E-state index in [0.29, 0.717) is 11.1 Å². The molecule has 0 aromatic carbocycles. The Morgan fingerprint density at radius 1 is 0.476 bits per heavy atom. The highest BCUT2D eigenvalue weighted by Crippen LogP contribution is 2.56.